The first-order valence-electron chi connectivity index (χ1n) is 7.91. The molecule has 2 heterocycles. The van der Waals surface area contributed by atoms with Crippen LogP contribution in [0.1, 0.15) is 29.1 Å². The molecule has 0 bridgehead atoms. The number of hydrogen-bond donors (Lipinski definition) is 2. The Morgan fingerprint density at radius 1 is 1.19 bits per heavy atom. The largest absolute Gasteiger partial charge is 0.325 e. The number of thiophene rings is 1. The Morgan fingerprint density at radius 3 is 2.58 bits per heavy atom. The number of nitrogens with one attached hydrogen (secondary N) is 2. The van der Waals surface area contributed by atoms with Gasteiger partial charge in [-0.2, -0.15) is 0 Å². The molecule has 1 aliphatic heterocycles. The molecule has 1 saturated heterocycles. The number of Topliss-reactive ketones (excluding diaryl/α,β-unsaturated/α-hetero) is 1. The summed E-state index contributed by atoms with van der Waals surface area (Å²) < 4.78 is 0. The van der Waals surface area contributed by atoms with Crippen LogP contribution in [0.15, 0.2) is 41.8 Å². The van der Waals surface area contributed by atoms with E-state index in [1.54, 1.807) is 43.3 Å². The van der Waals surface area contributed by atoms with E-state index in [2.05, 4.69) is 10.6 Å². The number of amides is 4. The number of anilines is 1. The number of benzene rings is 1. The maximum atomic E-state index is 12.7. The molecular formula is C18H17N3O4S. The summed E-state index contributed by atoms with van der Waals surface area (Å²) in [5.74, 6) is -1.24. The lowest BCUT2D eigenvalue weighted by molar-refractivity contribution is -0.133. The number of rotatable bonds is 5. The molecule has 0 saturated carbocycles. The molecule has 4 amide bonds. The normalized spacial score (nSPS) is 19.4. The van der Waals surface area contributed by atoms with Crippen molar-refractivity contribution in [1.82, 2.24) is 10.2 Å². The highest BCUT2D eigenvalue weighted by molar-refractivity contribution is 7.10. The quantitative estimate of drug-likeness (QED) is 0.623. The van der Waals surface area contributed by atoms with Crippen LogP contribution in [0.2, 0.25) is 0 Å². The first kappa shape index (κ1) is 17.8. The van der Waals surface area contributed by atoms with E-state index in [4.69, 9.17) is 0 Å². The van der Waals surface area contributed by atoms with Crippen LogP contribution in [0.4, 0.5) is 10.5 Å². The number of urea groups is 1. The van der Waals surface area contributed by atoms with Crippen LogP contribution in [0, 0.1) is 0 Å². The smallest absolute Gasteiger partial charge is 0.324 e. The minimum Gasteiger partial charge on any atom is -0.324 e. The van der Waals surface area contributed by atoms with Gasteiger partial charge in [-0.05, 0) is 37.4 Å². The Kier molecular flexibility index (Phi) is 4.60. The van der Waals surface area contributed by atoms with Gasteiger partial charge in [0.05, 0.1) is 5.69 Å². The number of carbonyl (C=O) groups is 4. The molecule has 0 radical (unpaired) electrons. The molecular weight excluding hydrogens is 354 g/mol. The summed E-state index contributed by atoms with van der Waals surface area (Å²) in [6.45, 7) is 2.58. The molecule has 7 nitrogen and oxygen atoms in total. The lowest BCUT2D eigenvalue weighted by Gasteiger charge is -2.20. The summed E-state index contributed by atoms with van der Waals surface area (Å²) in [7, 11) is 0. The maximum Gasteiger partial charge on any atom is 0.325 e. The van der Waals surface area contributed by atoms with Crippen molar-refractivity contribution in [2.75, 3.05) is 11.9 Å². The predicted molar refractivity (Wildman–Crippen MR) is 97.0 cm³/mol. The second-order valence-corrected chi connectivity index (χ2v) is 7.02. The third kappa shape index (κ3) is 3.11. The molecule has 0 spiro atoms. The summed E-state index contributed by atoms with van der Waals surface area (Å²) in [6.07, 6.45) is 0. The maximum absolute atomic E-state index is 12.7. The zero-order valence-electron chi connectivity index (χ0n) is 14.2. The number of nitrogens with zero attached hydrogens (tertiary/aromatic N) is 1. The van der Waals surface area contributed by atoms with E-state index >= 15 is 0 Å². The first-order chi connectivity index (χ1) is 12.3. The Labute approximate surface area is 154 Å². The second-order valence-electron chi connectivity index (χ2n) is 6.07. The van der Waals surface area contributed by atoms with Crippen molar-refractivity contribution in [3.63, 3.8) is 0 Å². The molecule has 26 heavy (non-hydrogen) atoms. The molecule has 1 fully saturated rings. The number of imide groups is 1. The zero-order valence-corrected chi connectivity index (χ0v) is 15.1. The standard InChI is InChI=1S/C18H17N3O4S/c1-11(22)12-6-3-4-7-13(12)19-15(23)10-21-16(24)18(2,20-17(21)25)14-8-5-9-26-14/h3-9H,10H2,1-2H3,(H,19,23)(H,20,25). The van der Waals surface area contributed by atoms with Gasteiger partial charge in [0.15, 0.2) is 11.3 Å². The van der Waals surface area contributed by atoms with Crippen LogP contribution >= 0.6 is 11.3 Å². The van der Waals surface area contributed by atoms with E-state index in [0.29, 0.717) is 16.1 Å². The zero-order chi connectivity index (χ0) is 18.9. The van der Waals surface area contributed by atoms with Gasteiger partial charge in [0.2, 0.25) is 5.91 Å². The van der Waals surface area contributed by atoms with Gasteiger partial charge in [0, 0.05) is 10.4 Å². The minimum atomic E-state index is -1.18. The van der Waals surface area contributed by atoms with Crippen molar-refractivity contribution in [2.45, 2.75) is 19.4 Å². The highest BCUT2D eigenvalue weighted by Crippen LogP contribution is 2.31. The van der Waals surface area contributed by atoms with Gasteiger partial charge in [-0.15, -0.1) is 11.3 Å². The molecule has 1 aliphatic rings. The topological polar surface area (TPSA) is 95.6 Å². The van der Waals surface area contributed by atoms with Crippen LogP contribution in [0.5, 0.6) is 0 Å². The van der Waals surface area contributed by atoms with Gasteiger partial charge >= 0.3 is 6.03 Å². The fourth-order valence-corrected chi connectivity index (χ4v) is 3.64. The van der Waals surface area contributed by atoms with Crippen molar-refractivity contribution >= 4 is 40.7 Å². The van der Waals surface area contributed by atoms with Crippen LogP contribution in [0.3, 0.4) is 0 Å². The van der Waals surface area contributed by atoms with E-state index in [0.717, 1.165) is 4.90 Å². The van der Waals surface area contributed by atoms with Gasteiger partial charge < -0.3 is 10.6 Å². The fourth-order valence-electron chi connectivity index (χ4n) is 2.80. The SMILES string of the molecule is CC(=O)c1ccccc1NC(=O)CN1C(=O)NC(C)(c2cccs2)C1=O. The van der Waals surface area contributed by atoms with E-state index in [1.165, 1.54) is 18.3 Å². The Balaban J connectivity index is 1.75. The summed E-state index contributed by atoms with van der Waals surface area (Å²) >= 11 is 1.35. The average Bonchev–Trinajstić information content (AvgIpc) is 3.20. The van der Waals surface area contributed by atoms with Crippen LogP contribution in [-0.4, -0.2) is 35.1 Å². The molecule has 1 aromatic heterocycles. The minimum absolute atomic E-state index is 0.193. The number of hydrogen-bond acceptors (Lipinski definition) is 5. The van der Waals surface area contributed by atoms with Gasteiger partial charge in [-0.3, -0.25) is 19.3 Å². The fraction of sp³-hybridized carbons (Fsp3) is 0.222. The molecule has 1 unspecified atom stereocenters. The van der Waals surface area contributed by atoms with E-state index in [-0.39, 0.29) is 5.78 Å². The lowest BCUT2D eigenvalue weighted by atomic mass is 10.0. The van der Waals surface area contributed by atoms with Crippen molar-refractivity contribution in [2.24, 2.45) is 0 Å². The van der Waals surface area contributed by atoms with Crippen LogP contribution in [0.25, 0.3) is 0 Å². The Morgan fingerprint density at radius 2 is 1.92 bits per heavy atom. The predicted octanol–water partition coefficient (Wildman–Crippen LogP) is 2.36. The van der Waals surface area contributed by atoms with Crippen molar-refractivity contribution in [3.8, 4) is 0 Å². The van der Waals surface area contributed by atoms with Gasteiger partial charge in [-0.25, -0.2) is 4.79 Å². The molecule has 1 aromatic carbocycles. The second kappa shape index (κ2) is 6.72. The lowest BCUT2D eigenvalue weighted by Crippen LogP contribution is -2.41. The van der Waals surface area contributed by atoms with E-state index < -0.39 is 29.9 Å². The number of carbonyl (C=O) groups excluding carboxylic acids is 4. The van der Waals surface area contributed by atoms with Crippen LogP contribution < -0.4 is 10.6 Å². The highest BCUT2D eigenvalue weighted by Gasteiger charge is 2.50. The molecule has 1 atom stereocenters. The van der Waals surface area contributed by atoms with E-state index in [9.17, 15) is 19.2 Å². The number of ketones is 1. The summed E-state index contributed by atoms with van der Waals surface area (Å²) in [4.78, 5) is 50.5. The average molecular weight is 371 g/mol. The first-order valence-corrected chi connectivity index (χ1v) is 8.79. The van der Waals surface area contributed by atoms with Crippen molar-refractivity contribution in [1.29, 1.82) is 0 Å². The molecule has 3 rings (SSSR count). The monoisotopic (exact) mass is 371 g/mol. The highest BCUT2D eigenvalue weighted by atomic mass is 32.1. The molecule has 134 valence electrons. The van der Waals surface area contributed by atoms with Crippen LogP contribution in [-0.2, 0) is 15.1 Å². The van der Waals surface area contributed by atoms with Crippen molar-refractivity contribution in [3.05, 3.63) is 52.2 Å². The molecule has 2 aromatic rings. The molecule has 0 aliphatic carbocycles. The van der Waals surface area contributed by atoms with Gasteiger partial charge in [-0.1, -0.05) is 18.2 Å². The molecule has 2 N–H and O–H groups in total. The van der Waals surface area contributed by atoms with Gasteiger partial charge in [0.1, 0.15) is 6.54 Å². The summed E-state index contributed by atoms with van der Waals surface area (Å²) in [5, 5.41) is 7.05. The Bertz CT molecular complexity index is 894. The Hall–Kier alpha value is -3.00. The summed E-state index contributed by atoms with van der Waals surface area (Å²) in [5.41, 5.74) is -0.470. The molecule has 8 heteroatoms. The third-order valence-corrected chi connectivity index (χ3v) is 5.26. The summed E-state index contributed by atoms with van der Waals surface area (Å²) in [6, 6.07) is 9.49. The number of para-hydroxylation sites is 1. The van der Waals surface area contributed by atoms with Crippen molar-refractivity contribution < 1.29 is 19.2 Å². The van der Waals surface area contributed by atoms with Gasteiger partial charge in [0.25, 0.3) is 5.91 Å². The van der Waals surface area contributed by atoms with E-state index in [1.807, 2.05) is 5.38 Å². The third-order valence-electron chi connectivity index (χ3n) is 4.17.